The van der Waals surface area contributed by atoms with E-state index in [1.54, 1.807) is 62.4 Å². The van der Waals surface area contributed by atoms with Crippen LogP contribution < -0.4 is 4.72 Å². The van der Waals surface area contributed by atoms with Crippen molar-refractivity contribution < 1.29 is 21.6 Å². The first-order valence-corrected chi connectivity index (χ1v) is 12.3. The van der Waals surface area contributed by atoms with E-state index in [9.17, 15) is 21.6 Å². The molecule has 4 aromatic rings. The number of pyridine rings is 2. The molecule has 2 aromatic heterocycles. The number of rotatable bonds is 6. The lowest BCUT2D eigenvalue weighted by molar-refractivity contribution is -0.137. The van der Waals surface area contributed by atoms with Crippen LogP contribution in [0.1, 0.15) is 18.2 Å². The van der Waals surface area contributed by atoms with Gasteiger partial charge in [-0.25, -0.2) is 18.1 Å². The van der Waals surface area contributed by atoms with Gasteiger partial charge in [0.05, 0.1) is 27.5 Å². The Balaban J connectivity index is 1.71. The summed E-state index contributed by atoms with van der Waals surface area (Å²) in [4.78, 5) is 9.37. The van der Waals surface area contributed by atoms with Crippen LogP contribution >= 0.6 is 0 Å². The summed E-state index contributed by atoms with van der Waals surface area (Å²) in [6.07, 6.45) is -4.40. The molecule has 4 rings (SSSR count). The van der Waals surface area contributed by atoms with E-state index >= 15 is 0 Å². The Morgan fingerprint density at radius 1 is 0.771 bits per heavy atom. The molecule has 0 atom stereocenters. The second kappa shape index (κ2) is 9.59. The van der Waals surface area contributed by atoms with Crippen molar-refractivity contribution in [2.75, 3.05) is 6.54 Å². The summed E-state index contributed by atoms with van der Waals surface area (Å²) < 4.78 is 66.0. The molecule has 0 saturated heterocycles. The second-order valence-electron chi connectivity index (χ2n) is 7.89. The van der Waals surface area contributed by atoms with Gasteiger partial charge in [-0.05, 0) is 66.6 Å². The molecule has 35 heavy (non-hydrogen) atoms. The van der Waals surface area contributed by atoms with Gasteiger partial charge in [0.2, 0.25) is 10.0 Å². The number of alkyl halides is 3. The third-order valence-corrected chi connectivity index (χ3v) is 6.83. The van der Waals surface area contributed by atoms with Crippen molar-refractivity contribution in [2.45, 2.75) is 24.9 Å². The van der Waals surface area contributed by atoms with Crippen LogP contribution in [-0.4, -0.2) is 24.9 Å². The van der Waals surface area contributed by atoms with Gasteiger partial charge in [-0.2, -0.15) is 13.2 Å². The molecule has 0 bridgehead atoms. The molecule has 0 spiro atoms. The van der Waals surface area contributed by atoms with Gasteiger partial charge in [0, 0.05) is 17.8 Å². The Bertz CT molecular complexity index is 1470. The fraction of sp³-hybridized carbons (Fsp3) is 0.154. The van der Waals surface area contributed by atoms with Crippen LogP contribution in [0, 0.1) is 6.92 Å². The van der Waals surface area contributed by atoms with Crippen molar-refractivity contribution in [2.24, 2.45) is 0 Å². The van der Waals surface area contributed by atoms with Crippen LogP contribution in [0.4, 0.5) is 13.2 Å². The number of aromatic nitrogens is 2. The number of halogens is 3. The summed E-state index contributed by atoms with van der Waals surface area (Å²) in [6.45, 7) is 3.79. The molecule has 0 aliphatic heterocycles. The van der Waals surface area contributed by atoms with Crippen LogP contribution in [0.15, 0.2) is 83.8 Å². The van der Waals surface area contributed by atoms with Gasteiger partial charge in [0.1, 0.15) is 0 Å². The largest absolute Gasteiger partial charge is 0.416 e. The molecular formula is C26H22F3N3O2S. The first-order valence-electron chi connectivity index (χ1n) is 10.8. The first kappa shape index (κ1) is 24.6. The van der Waals surface area contributed by atoms with Gasteiger partial charge in [-0.15, -0.1) is 0 Å². The summed E-state index contributed by atoms with van der Waals surface area (Å²) in [5.41, 5.74) is 3.62. The summed E-state index contributed by atoms with van der Waals surface area (Å²) in [6, 6.07) is 20.4. The van der Waals surface area contributed by atoms with E-state index in [-0.39, 0.29) is 11.4 Å². The number of sulfonamides is 1. The number of aryl methyl sites for hydroxylation is 1. The van der Waals surface area contributed by atoms with Crippen LogP contribution in [-0.2, 0) is 16.2 Å². The predicted molar refractivity (Wildman–Crippen MR) is 129 cm³/mol. The monoisotopic (exact) mass is 497 g/mol. The average molecular weight is 498 g/mol. The highest BCUT2D eigenvalue weighted by atomic mass is 32.2. The Kier molecular flexibility index (Phi) is 6.73. The molecule has 2 aromatic carbocycles. The van der Waals surface area contributed by atoms with E-state index in [4.69, 9.17) is 0 Å². The zero-order valence-electron chi connectivity index (χ0n) is 19.0. The van der Waals surface area contributed by atoms with Gasteiger partial charge < -0.3 is 0 Å². The van der Waals surface area contributed by atoms with Crippen molar-refractivity contribution >= 4 is 10.0 Å². The lowest BCUT2D eigenvalue weighted by Crippen LogP contribution is -2.23. The lowest BCUT2D eigenvalue weighted by atomic mass is 10.0. The van der Waals surface area contributed by atoms with E-state index in [0.717, 1.165) is 12.1 Å². The molecule has 0 unspecified atom stereocenters. The van der Waals surface area contributed by atoms with Crippen molar-refractivity contribution in [1.29, 1.82) is 0 Å². The van der Waals surface area contributed by atoms with Crippen LogP contribution in [0.25, 0.3) is 33.8 Å². The molecule has 0 amide bonds. The standard InChI is InChI=1S/C26H22F3N3O2S/c1-3-30-35(33,34)22-7-4-6-19(15-22)23-8-5-9-24(32-23)25-16-20(14-17(2)31-25)18-10-12-21(13-11-18)26(27,28)29/h4-16,30H,3H2,1-2H3. The number of benzene rings is 2. The lowest BCUT2D eigenvalue weighted by Gasteiger charge is -2.11. The van der Waals surface area contributed by atoms with Crippen molar-refractivity contribution in [3.8, 4) is 33.8 Å². The van der Waals surface area contributed by atoms with Gasteiger partial charge in [0.15, 0.2) is 0 Å². The van der Waals surface area contributed by atoms with Gasteiger partial charge in [-0.3, -0.25) is 4.98 Å². The van der Waals surface area contributed by atoms with Crippen LogP contribution in [0.3, 0.4) is 0 Å². The average Bonchev–Trinajstić information content (AvgIpc) is 2.83. The fourth-order valence-electron chi connectivity index (χ4n) is 3.65. The number of nitrogens with zero attached hydrogens (tertiary/aromatic N) is 2. The van der Waals surface area contributed by atoms with E-state index in [1.165, 1.54) is 18.2 Å². The molecule has 5 nitrogen and oxygen atoms in total. The Morgan fingerprint density at radius 3 is 2.14 bits per heavy atom. The Hall–Kier alpha value is -3.56. The van der Waals surface area contributed by atoms with Gasteiger partial charge in [-0.1, -0.05) is 37.3 Å². The maximum absolute atomic E-state index is 12.9. The Morgan fingerprint density at radius 2 is 1.46 bits per heavy atom. The zero-order chi connectivity index (χ0) is 25.2. The van der Waals surface area contributed by atoms with Crippen LogP contribution in [0.2, 0.25) is 0 Å². The molecule has 0 aliphatic rings. The SMILES string of the molecule is CCNS(=O)(=O)c1cccc(-c2cccc(-c3cc(-c4ccc(C(F)(F)F)cc4)cc(C)n3)n2)c1. The highest BCUT2D eigenvalue weighted by molar-refractivity contribution is 7.89. The number of hydrogen-bond acceptors (Lipinski definition) is 4. The summed E-state index contributed by atoms with van der Waals surface area (Å²) in [5, 5.41) is 0. The predicted octanol–water partition coefficient (Wildman–Crippen LogP) is 6.10. The smallest absolute Gasteiger partial charge is 0.251 e. The topological polar surface area (TPSA) is 72.0 Å². The minimum absolute atomic E-state index is 0.141. The molecule has 0 radical (unpaired) electrons. The third-order valence-electron chi connectivity index (χ3n) is 5.28. The molecular weight excluding hydrogens is 475 g/mol. The summed E-state index contributed by atoms with van der Waals surface area (Å²) in [7, 11) is -3.62. The van der Waals surface area contributed by atoms with Crippen molar-refractivity contribution in [1.82, 2.24) is 14.7 Å². The van der Waals surface area contributed by atoms with Crippen molar-refractivity contribution in [3.05, 3.63) is 90.1 Å². The quantitative estimate of drug-likeness (QED) is 0.349. The minimum Gasteiger partial charge on any atom is -0.251 e. The zero-order valence-corrected chi connectivity index (χ0v) is 19.8. The van der Waals surface area contributed by atoms with Gasteiger partial charge in [0.25, 0.3) is 0 Å². The minimum atomic E-state index is -4.40. The number of hydrogen-bond donors (Lipinski definition) is 1. The van der Waals surface area contributed by atoms with Crippen molar-refractivity contribution in [3.63, 3.8) is 0 Å². The van der Waals surface area contributed by atoms with E-state index in [0.29, 0.717) is 39.5 Å². The maximum atomic E-state index is 12.9. The summed E-state index contributed by atoms with van der Waals surface area (Å²) in [5.74, 6) is 0. The van der Waals surface area contributed by atoms with E-state index in [2.05, 4.69) is 14.7 Å². The van der Waals surface area contributed by atoms with E-state index < -0.39 is 21.8 Å². The molecule has 2 heterocycles. The summed E-state index contributed by atoms with van der Waals surface area (Å²) >= 11 is 0. The first-order chi connectivity index (χ1) is 16.6. The van der Waals surface area contributed by atoms with Crippen LogP contribution in [0.5, 0.6) is 0 Å². The molecule has 0 aliphatic carbocycles. The third kappa shape index (κ3) is 5.58. The molecule has 0 saturated carbocycles. The fourth-order valence-corrected chi connectivity index (χ4v) is 4.74. The normalized spacial score (nSPS) is 12.0. The van der Waals surface area contributed by atoms with Gasteiger partial charge >= 0.3 is 6.18 Å². The Labute approximate surface area is 201 Å². The molecule has 180 valence electrons. The highest BCUT2D eigenvalue weighted by Crippen LogP contribution is 2.32. The number of nitrogens with one attached hydrogen (secondary N) is 1. The van der Waals surface area contributed by atoms with E-state index in [1.807, 2.05) is 0 Å². The molecule has 0 fully saturated rings. The second-order valence-corrected chi connectivity index (χ2v) is 9.66. The highest BCUT2D eigenvalue weighted by Gasteiger charge is 2.30. The maximum Gasteiger partial charge on any atom is 0.416 e. The molecule has 9 heteroatoms. The molecule has 1 N–H and O–H groups in total.